The molecule has 1 N–H and O–H groups in total. The van der Waals surface area contributed by atoms with E-state index in [4.69, 9.17) is 4.74 Å². The molecule has 1 saturated heterocycles. The predicted molar refractivity (Wildman–Crippen MR) is 120 cm³/mol. The monoisotopic (exact) mass is 451 g/mol. The first-order valence-electron chi connectivity index (χ1n) is 11.0. The molecular weight excluding hydrogens is 418 g/mol. The number of hydrogen-bond acceptors (Lipinski definition) is 5. The largest absolute Gasteiger partial charge is 0.497 e. The Labute approximate surface area is 185 Å². The molecule has 1 saturated carbocycles. The molecule has 31 heavy (non-hydrogen) atoms. The van der Waals surface area contributed by atoms with Crippen LogP contribution in [0.1, 0.15) is 52.4 Å². The first-order chi connectivity index (χ1) is 14.7. The maximum atomic E-state index is 13.5. The Morgan fingerprint density at radius 3 is 2.61 bits per heavy atom. The number of piperazine rings is 1. The molecule has 1 aromatic rings. The van der Waals surface area contributed by atoms with Gasteiger partial charge in [0, 0.05) is 24.3 Å². The molecule has 1 aliphatic heterocycles. The van der Waals surface area contributed by atoms with Gasteiger partial charge < -0.3 is 10.1 Å². The van der Waals surface area contributed by atoms with Crippen LogP contribution in [0.2, 0.25) is 0 Å². The van der Waals surface area contributed by atoms with Gasteiger partial charge in [0.15, 0.2) is 0 Å². The molecule has 2 aliphatic rings. The second-order valence-corrected chi connectivity index (χ2v) is 10.7. The van der Waals surface area contributed by atoms with Crippen LogP contribution in [0.25, 0.3) is 0 Å². The summed E-state index contributed by atoms with van der Waals surface area (Å²) in [6.45, 7) is 3.06. The summed E-state index contributed by atoms with van der Waals surface area (Å²) in [5.74, 6) is -0.256. The number of rotatable bonds is 7. The standard InChI is InChI=1S/C22H33N3O5S/c1-4-13-31(28,29)24-15-20(26)25(18-11-8-12-19(14-18)30-3)22(2,16-24)21(27)23-17-9-6-5-7-10-17/h8,11-12,14,17H,4-7,9-10,13,15-16H2,1-3H3,(H,23,27). The van der Waals surface area contributed by atoms with E-state index in [9.17, 15) is 18.0 Å². The summed E-state index contributed by atoms with van der Waals surface area (Å²) in [6, 6.07) is 6.99. The van der Waals surface area contributed by atoms with E-state index < -0.39 is 21.5 Å². The second kappa shape index (κ2) is 9.56. The number of amides is 2. The number of methoxy groups -OCH3 is 1. The molecule has 172 valence electrons. The average molecular weight is 452 g/mol. The van der Waals surface area contributed by atoms with Crippen LogP contribution in [0.5, 0.6) is 5.75 Å². The maximum Gasteiger partial charge on any atom is 0.247 e. The molecule has 3 rings (SSSR count). The summed E-state index contributed by atoms with van der Waals surface area (Å²) >= 11 is 0. The van der Waals surface area contributed by atoms with Crippen LogP contribution in [-0.2, 0) is 19.6 Å². The predicted octanol–water partition coefficient (Wildman–Crippen LogP) is 2.29. The molecule has 0 radical (unpaired) electrons. The third-order valence-electron chi connectivity index (χ3n) is 6.14. The molecular formula is C22H33N3O5S. The summed E-state index contributed by atoms with van der Waals surface area (Å²) in [7, 11) is -2.11. The van der Waals surface area contributed by atoms with Crippen molar-refractivity contribution in [2.75, 3.05) is 30.9 Å². The highest BCUT2D eigenvalue weighted by Gasteiger charge is 2.51. The van der Waals surface area contributed by atoms with Gasteiger partial charge in [-0.2, -0.15) is 4.31 Å². The molecule has 1 heterocycles. The van der Waals surface area contributed by atoms with E-state index >= 15 is 0 Å². The summed E-state index contributed by atoms with van der Waals surface area (Å²) in [4.78, 5) is 28.2. The van der Waals surface area contributed by atoms with Crippen molar-refractivity contribution in [1.82, 2.24) is 9.62 Å². The number of carbonyl (C=O) groups excluding carboxylic acids is 2. The van der Waals surface area contributed by atoms with E-state index in [-0.39, 0.29) is 30.8 Å². The topological polar surface area (TPSA) is 96.0 Å². The minimum Gasteiger partial charge on any atom is -0.497 e. The quantitative estimate of drug-likeness (QED) is 0.686. The molecule has 2 amide bonds. The second-order valence-electron chi connectivity index (χ2n) is 8.60. The van der Waals surface area contributed by atoms with Crippen LogP contribution in [0.15, 0.2) is 24.3 Å². The first-order valence-corrected chi connectivity index (χ1v) is 12.6. The van der Waals surface area contributed by atoms with Crippen molar-refractivity contribution in [3.63, 3.8) is 0 Å². The summed E-state index contributed by atoms with van der Waals surface area (Å²) in [5.41, 5.74) is -0.863. The minimum atomic E-state index is -3.64. The lowest BCUT2D eigenvalue weighted by molar-refractivity contribution is -0.133. The molecule has 1 unspecified atom stereocenters. The lowest BCUT2D eigenvalue weighted by atomic mass is 9.91. The maximum absolute atomic E-state index is 13.5. The lowest BCUT2D eigenvalue weighted by Gasteiger charge is -2.47. The highest BCUT2D eigenvalue weighted by Crippen LogP contribution is 2.33. The fourth-order valence-corrected chi connectivity index (χ4v) is 6.02. The number of hydrogen-bond donors (Lipinski definition) is 1. The smallest absolute Gasteiger partial charge is 0.247 e. The Morgan fingerprint density at radius 2 is 1.97 bits per heavy atom. The third kappa shape index (κ3) is 5.03. The van der Waals surface area contributed by atoms with Crippen LogP contribution >= 0.6 is 0 Å². The van der Waals surface area contributed by atoms with Crippen LogP contribution in [0.3, 0.4) is 0 Å². The molecule has 8 nitrogen and oxygen atoms in total. The normalized spacial score (nSPS) is 23.6. The zero-order chi connectivity index (χ0) is 22.6. The summed E-state index contributed by atoms with van der Waals surface area (Å²) in [6.07, 6.45) is 5.49. The molecule has 1 aromatic carbocycles. The van der Waals surface area contributed by atoms with Gasteiger partial charge in [-0.05, 0) is 38.3 Å². The summed E-state index contributed by atoms with van der Waals surface area (Å²) < 4.78 is 32.0. The number of sulfonamides is 1. The zero-order valence-electron chi connectivity index (χ0n) is 18.6. The highest BCUT2D eigenvalue weighted by molar-refractivity contribution is 7.89. The van der Waals surface area contributed by atoms with Crippen molar-refractivity contribution in [1.29, 1.82) is 0 Å². The van der Waals surface area contributed by atoms with Gasteiger partial charge in [-0.1, -0.05) is 32.3 Å². The molecule has 0 aromatic heterocycles. The van der Waals surface area contributed by atoms with Crippen LogP contribution in [0.4, 0.5) is 5.69 Å². The van der Waals surface area contributed by atoms with Gasteiger partial charge >= 0.3 is 0 Å². The molecule has 9 heteroatoms. The zero-order valence-corrected chi connectivity index (χ0v) is 19.4. The molecule has 0 bridgehead atoms. The van der Waals surface area contributed by atoms with Crippen molar-refractivity contribution in [3.05, 3.63) is 24.3 Å². The molecule has 1 aliphatic carbocycles. The Bertz CT molecular complexity index is 913. The van der Waals surface area contributed by atoms with Crippen LogP contribution in [-0.4, -0.2) is 62.1 Å². The molecule has 0 spiro atoms. The van der Waals surface area contributed by atoms with E-state index in [0.29, 0.717) is 17.9 Å². The minimum absolute atomic E-state index is 0.0444. The first kappa shape index (κ1) is 23.5. The van der Waals surface area contributed by atoms with E-state index in [2.05, 4.69) is 5.32 Å². The number of anilines is 1. The Morgan fingerprint density at radius 1 is 1.26 bits per heavy atom. The fourth-order valence-electron chi connectivity index (χ4n) is 4.49. The average Bonchev–Trinajstić information content (AvgIpc) is 2.74. The fraction of sp³-hybridized carbons (Fsp3) is 0.636. The van der Waals surface area contributed by atoms with Gasteiger partial charge in [0.2, 0.25) is 21.8 Å². The van der Waals surface area contributed by atoms with Gasteiger partial charge in [-0.3, -0.25) is 14.5 Å². The highest BCUT2D eigenvalue weighted by atomic mass is 32.2. The van der Waals surface area contributed by atoms with Crippen LogP contribution in [0, 0.1) is 0 Å². The van der Waals surface area contributed by atoms with Crippen molar-refractivity contribution >= 4 is 27.5 Å². The number of ether oxygens (including phenoxy) is 1. The van der Waals surface area contributed by atoms with E-state index in [1.165, 1.54) is 12.0 Å². The molecule has 1 atom stereocenters. The Kier molecular flexibility index (Phi) is 7.26. The van der Waals surface area contributed by atoms with Gasteiger partial charge in [0.1, 0.15) is 11.3 Å². The lowest BCUT2D eigenvalue weighted by Crippen LogP contribution is -2.71. The van der Waals surface area contributed by atoms with Gasteiger partial charge in [0.25, 0.3) is 0 Å². The van der Waals surface area contributed by atoms with Crippen molar-refractivity contribution in [3.8, 4) is 5.75 Å². The number of nitrogens with zero attached hydrogens (tertiary/aromatic N) is 2. The number of nitrogens with one attached hydrogen (secondary N) is 1. The Hall–Kier alpha value is -2.13. The van der Waals surface area contributed by atoms with Gasteiger partial charge in [-0.25, -0.2) is 8.42 Å². The number of benzene rings is 1. The summed E-state index contributed by atoms with van der Waals surface area (Å²) in [5, 5.41) is 3.10. The van der Waals surface area contributed by atoms with Gasteiger partial charge in [0.05, 0.1) is 19.4 Å². The van der Waals surface area contributed by atoms with Gasteiger partial charge in [-0.15, -0.1) is 0 Å². The number of carbonyl (C=O) groups is 2. The SMILES string of the molecule is CCCS(=O)(=O)N1CC(=O)N(c2cccc(OC)c2)C(C)(C(=O)NC2CCCCC2)C1. The van der Waals surface area contributed by atoms with Crippen molar-refractivity contribution < 1.29 is 22.7 Å². The van der Waals surface area contributed by atoms with E-state index in [1.54, 1.807) is 38.1 Å². The van der Waals surface area contributed by atoms with Crippen LogP contribution < -0.4 is 15.0 Å². The third-order valence-corrected chi connectivity index (χ3v) is 8.10. The van der Waals surface area contributed by atoms with Crippen molar-refractivity contribution in [2.24, 2.45) is 0 Å². The van der Waals surface area contributed by atoms with Crippen molar-refractivity contribution in [2.45, 2.75) is 64.0 Å². The molecule has 2 fully saturated rings. The van der Waals surface area contributed by atoms with E-state index in [1.807, 2.05) is 0 Å². The van der Waals surface area contributed by atoms with E-state index in [0.717, 1.165) is 36.4 Å². The Balaban J connectivity index is 1.98.